The monoisotopic (exact) mass is 324 g/mol. The van der Waals surface area contributed by atoms with Crippen LogP contribution in [0.1, 0.15) is 18.4 Å². The van der Waals surface area contributed by atoms with Gasteiger partial charge in [-0.25, -0.2) is 0 Å². The van der Waals surface area contributed by atoms with Gasteiger partial charge in [0.2, 0.25) is 5.91 Å². The molecule has 0 unspecified atom stereocenters. The fourth-order valence-corrected chi connectivity index (χ4v) is 3.05. The predicted octanol–water partition coefficient (Wildman–Crippen LogP) is 3.07. The van der Waals surface area contributed by atoms with Gasteiger partial charge in [0.1, 0.15) is 5.75 Å². The summed E-state index contributed by atoms with van der Waals surface area (Å²) in [4.78, 5) is 14.3. The van der Waals surface area contributed by atoms with E-state index in [4.69, 9.17) is 4.74 Å². The van der Waals surface area contributed by atoms with Gasteiger partial charge in [-0.2, -0.15) is 0 Å². The first-order valence-corrected chi connectivity index (χ1v) is 8.51. The Labute approximate surface area is 143 Å². The molecule has 126 valence electrons. The molecule has 4 nitrogen and oxygen atoms in total. The summed E-state index contributed by atoms with van der Waals surface area (Å²) in [6.45, 7) is 3.97. The van der Waals surface area contributed by atoms with E-state index in [1.54, 1.807) is 13.2 Å². The van der Waals surface area contributed by atoms with Gasteiger partial charge in [-0.15, -0.1) is 0 Å². The first-order chi connectivity index (χ1) is 11.7. The third kappa shape index (κ3) is 4.36. The minimum atomic E-state index is -0.0379. The number of rotatable bonds is 6. The topological polar surface area (TPSA) is 41.6 Å². The highest BCUT2D eigenvalue weighted by molar-refractivity contribution is 5.93. The van der Waals surface area contributed by atoms with E-state index in [9.17, 15) is 4.79 Å². The highest BCUT2D eigenvalue weighted by Crippen LogP contribution is 2.22. The van der Waals surface area contributed by atoms with Gasteiger partial charge in [-0.3, -0.25) is 4.79 Å². The first kappa shape index (κ1) is 16.5. The van der Waals surface area contributed by atoms with Crippen molar-refractivity contribution in [2.45, 2.75) is 12.8 Å². The van der Waals surface area contributed by atoms with Crippen LogP contribution in [0.15, 0.2) is 42.5 Å². The Balaban J connectivity index is 1.55. The maximum absolute atomic E-state index is 11.9. The molecule has 0 radical (unpaired) electrons. The second kappa shape index (κ2) is 7.97. The fraction of sp³-hybridized carbons (Fsp3) is 0.350. The second-order valence-electron chi connectivity index (χ2n) is 6.15. The number of carbonyl (C=O) groups is 1. The van der Waals surface area contributed by atoms with Crippen molar-refractivity contribution in [2.24, 2.45) is 0 Å². The number of hydrogen-bond acceptors (Lipinski definition) is 3. The Morgan fingerprint density at radius 2 is 1.92 bits per heavy atom. The van der Waals surface area contributed by atoms with E-state index in [1.807, 2.05) is 36.4 Å². The molecule has 24 heavy (non-hydrogen) atoms. The van der Waals surface area contributed by atoms with Crippen LogP contribution in [0.25, 0.3) is 16.8 Å². The Bertz CT molecular complexity index is 733. The molecule has 2 aromatic carbocycles. The van der Waals surface area contributed by atoms with Crippen LogP contribution in [0.2, 0.25) is 0 Å². The highest BCUT2D eigenvalue weighted by atomic mass is 16.5. The predicted molar refractivity (Wildman–Crippen MR) is 98.2 cm³/mol. The summed E-state index contributed by atoms with van der Waals surface area (Å²) >= 11 is 0. The van der Waals surface area contributed by atoms with Crippen molar-refractivity contribution >= 4 is 22.8 Å². The SMILES string of the molecule is COc1ccc2cc(/C=C/C(=O)NCCN3CCCC3)ccc2c1. The molecule has 0 atom stereocenters. The van der Waals surface area contributed by atoms with Gasteiger partial charge in [0.15, 0.2) is 0 Å². The molecular formula is C20H24N2O2. The van der Waals surface area contributed by atoms with Crippen LogP contribution in [-0.4, -0.2) is 44.1 Å². The summed E-state index contributed by atoms with van der Waals surface area (Å²) in [7, 11) is 1.67. The van der Waals surface area contributed by atoms with Gasteiger partial charge in [0, 0.05) is 19.2 Å². The van der Waals surface area contributed by atoms with Gasteiger partial charge in [0.05, 0.1) is 7.11 Å². The highest BCUT2D eigenvalue weighted by Gasteiger charge is 2.10. The van der Waals surface area contributed by atoms with Crippen LogP contribution in [-0.2, 0) is 4.79 Å². The zero-order chi connectivity index (χ0) is 16.8. The number of ether oxygens (including phenoxy) is 1. The van der Waals surface area contributed by atoms with E-state index >= 15 is 0 Å². The Morgan fingerprint density at radius 3 is 2.71 bits per heavy atom. The van der Waals surface area contributed by atoms with Gasteiger partial charge >= 0.3 is 0 Å². The quantitative estimate of drug-likeness (QED) is 0.830. The van der Waals surface area contributed by atoms with Crippen LogP contribution < -0.4 is 10.1 Å². The lowest BCUT2D eigenvalue weighted by Crippen LogP contribution is -2.32. The smallest absolute Gasteiger partial charge is 0.244 e. The second-order valence-corrected chi connectivity index (χ2v) is 6.15. The van der Waals surface area contributed by atoms with Crippen molar-refractivity contribution in [3.05, 3.63) is 48.0 Å². The van der Waals surface area contributed by atoms with Gasteiger partial charge in [-0.1, -0.05) is 18.2 Å². The van der Waals surface area contributed by atoms with Crippen LogP contribution >= 0.6 is 0 Å². The van der Waals surface area contributed by atoms with Crippen LogP contribution in [0.5, 0.6) is 5.75 Å². The fourth-order valence-electron chi connectivity index (χ4n) is 3.05. The molecular weight excluding hydrogens is 300 g/mol. The molecule has 2 aromatic rings. The molecule has 1 saturated heterocycles. The third-order valence-corrected chi connectivity index (χ3v) is 4.42. The average molecular weight is 324 g/mol. The van der Waals surface area contributed by atoms with E-state index in [1.165, 1.54) is 12.8 Å². The maximum Gasteiger partial charge on any atom is 0.244 e. The summed E-state index contributed by atoms with van der Waals surface area (Å²) in [6, 6.07) is 12.1. The Kier molecular flexibility index (Phi) is 5.49. The molecule has 1 N–H and O–H groups in total. The molecule has 1 fully saturated rings. The summed E-state index contributed by atoms with van der Waals surface area (Å²) in [5.41, 5.74) is 1.02. The molecule has 4 heteroatoms. The Hall–Kier alpha value is -2.33. The normalized spacial score (nSPS) is 15.2. The minimum Gasteiger partial charge on any atom is -0.497 e. The lowest BCUT2D eigenvalue weighted by molar-refractivity contribution is -0.116. The van der Waals surface area contributed by atoms with Gasteiger partial charge in [0.25, 0.3) is 0 Å². The van der Waals surface area contributed by atoms with Crippen molar-refractivity contribution in [1.82, 2.24) is 10.2 Å². The number of likely N-dealkylation sites (tertiary alicyclic amines) is 1. The van der Waals surface area contributed by atoms with Crippen LogP contribution in [0.4, 0.5) is 0 Å². The molecule has 0 aromatic heterocycles. The molecule has 1 aliphatic rings. The van der Waals surface area contributed by atoms with E-state index in [0.29, 0.717) is 6.54 Å². The van der Waals surface area contributed by atoms with Crippen molar-refractivity contribution in [2.75, 3.05) is 33.3 Å². The number of nitrogens with one attached hydrogen (secondary N) is 1. The number of fused-ring (bicyclic) bond motifs is 1. The molecule has 0 aliphatic carbocycles. The molecule has 3 rings (SSSR count). The summed E-state index contributed by atoms with van der Waals surface area (Å²) < 4.78 is 5.24. The molecule has 0 bridgehead atoms. The van der Waals surface area contributed by atoms with E-state index in [2.05, 4.69) is 16.3 Å². The van der Waals surface area contributed by atoms with Crippen molar-refractivity contribution in [3.63, 3.8) is 0 Å². The van der Waals surface area contributed by atoms with Crippen LogP contribution in [0.3, 0.4) is 0 Å². The summed E-state index contributed by atoms with van der Waals surface area (Å²) in [5.74, 6) is 0.812. The lowest BCUT2D eigenvalue weighted by Gasteiger charge is -2.13. The Morgan fingerprint density at radius 1 is 1.17 bits per heavy atom. The van der Waals surface area contributed by atoms with Gasteiger partial charge < -0.3 is 15.0 Å². The number of nitrogens with zero attached hydrogens (tertiary/aromatic N) is 1. The van der Waals surface area contributed by atoms with E-state index < -0.39 is 0 Å². The number of hydrogen-bond donors (Lipinski definition) is 1. The lowest BCUT2D eigenvalue weighted by atomic mass is 10.1. The zero-order valence-electron chi connectivity index (χ0n) is 14.1. The molecule has 0 saturated carbocycles. The number of benzene rings is 2. The zero-order valence-corrected chi connectivity index (χ0v) is 14.1. The summed E-state index contributed by atoms with van der Waals surface area (Å²) in [5, 5.41) is 5.21. The standard InChI is InChI=1S/C20H24N2O2/c1-24-19-8-7-17-14-16(4-6-18(17)15-19)5-9-20(23)21-10-13-22-11-2-3-12-22/h4-9,14-15H,2-3,10-13H2,1H3,(H,21,23)/b9-5+. The van der Waals surface area contributed by atoms with Crippen molar-refractivity contribution in [3.8, 4) is 5.75 Å². The molecule has 0 spiro atoms. The number of amides is 1. The van der Waals surface area contributed by atoms with Crippen LogP contribution in [0, 0.1) is 0 Å². The maximum atomic E-state index is 11.9. The average Bonchev–Trinajstić information content (AvgIpc) is 3.12. The van der Waals surface area contributed by atoms with Crippen molar-refractivity contribution in [1.29, 1.82) is 0 Å². The minimum absolute atomic E-state index is 0.0379. The third-order valence-electron chi connectivity index (χ3n) is 4.42. The molecule has 1 aliphatic heterocycles. The number of carbonyl (C=O) groups excluding carboxylic acids is 1. The summed E-state index contributed by atoms with van der Waals surface area (Å²) in [6.07, 6.45) is 6.02. The first-order valence-electron chi connectivity index (χ1n) is 8.51. The van der Waals surface area contributed by atoms with Crippen molar-refractivity contribution < 1.29 is 9.53 Å². The largest absolute Gasteiger partial charge is 0.497 e. The molecule has 1 amide bonds. The van der Waals surface area contributed by atoms with Gasteiger partial charge in [-0.05, 0) is 66.5 Å². The van der Waals surface area contributed by atoms with E-state index in [-0.39, 0.29) is 5.91 Å². The number of methoxy groups -OCH3 is 1. The van der Waals surface area contributed by atoms with E-state index in [0.717, 1.165) is 41.7 Å². The molecule has 1 heterocycles.